The van der Waals surface area contributed by atoms with Crippen molar-refractivity contribution in [3.05, 3.63) is 59.7 Å². The van der Waals surface area contributed by atoms with Gasteiger partial charge in [0, 0.05) is 6.04 Å². The fourth-order valence-electron chi connectivity index (χ4n) is 3.75. The molecule has 0 bridgehead atoms. The molecule has 0 aliphatic carbocycles. The molecule has 1 aliphatic rings. The van der Waals surface area contributed by atoms with Gasteiger partial charge in [-0.1, -0.05) is 42.8 Å². The number of aryl methyl sites for hydroxylation is 2. The summed E-state index contributed by atoms with van der Waals surface area (Å²) in [6.07, 6.45) is 2.42. The Morgan fingerprint density at radius 1 is 1.10 bits per heavy atom. The Bertz CT molecular complexity index is 965. The normalized spacial score (nSPS) is 15.7. The minimum Gasteiger partial charge on any atom is -0.352 e. The topological polar surface area (TPSA) is 69.7 Å². The van der Waals surface area contributed by atoms with Crippen molar-refractivity contribution in [3.8, 4) is 0 Å². The largest absolute Gasteiger partial charge is 0.352 e. The van der Waals surface area contributed by atoms with E-state index in [9.17, 15) is 13.2 Å². The molecule has 1 amide bonds. The molecule has 0 saturated carbocycles. The quantitative estimate of drug-likeness (QED) is 0.735. The highest BCUT2D eigenvalue weighted by Crippen LogP contribution is 2.27. The highest BCUT2D eigenvalue weighted by Gasteiger charge is 2.29. The predicted molar refractivity (Wildman–Crippen MR) is 120 cm³/mol. The molecule has 0 aromatic heterocycles. The Labute approximate surface area is 179 Å². The molecule has 1 heterocycles. The third-order valence-corrected chi connectivity index (χ3v) is 7.40. The molecular weight excluding hydrogens is 398 g/mol. The number of amides is 1. The first kappa shape index (κ1) is 22.3. The average Bonchev–Trinajstić information content (AvgIpc) is 2.74. The minimum atomic E-state index is -3.88. The molecule has 0 spiro atoms. The van der Waals surface area contributed by atoms with Crippen molar-refractivity contribution >= 4 is 21.6 Å². The van der Waals surface area contributed by atoms with Gasteiger partial charge in [0.25, 0.3) is 10.0 Å². The summed E-state index contributed by atoms with van der Waals surface area (Å²) >= 11 is 0. The van der Waals surface area contributed by atoms with Crippen molar-refractivity contribution in [1.82, 2.24) is 10.2 Å². The fraction of sp³-hybridized carbons (Fsp3) is 0.435. The molecule has 2 aromatic carbocycles. The zero-order chi connectivity index (χ0) is 21.7. The number of nitrogens with zero attached hydrogens (tertiary/aromatic N) is 2. The molecule has 0 radical (unpaired) electrons. The van der Waals surface area contributed by atoms with Gasteiger partial charge in [0.1, 0.15) is 6.54 Å². The van der Waals surface area contributed by atoms with Gasteiger partial charge in [-0.3, -0.25) is 9.10 Å². The van der Waals surface area contributed by atoms with Crippen LogP contribution in [0, 0.1) is 6.92 Å². The Morgan fingerprint density at radius 2 is 1.73 bits per heavy atom. The minimum absolute atomic E-state index is 0.0825. The van der Waals surface area contributed by atoms with Gasteiger partial charge in [0.15, 0.2) is 0 Å². The van der Waals surface area contributed by atoms with E-state index in [0.717, 1.165) is 37.1 Å². The van der Waals surface area contributed by atoms with E-state index in [2.05, 4.69) is 17.3 Å². The zero-order valence-corrected chi connectivity index (χ0v) is 18.8. The molecule has 0 unspecified atom stereocenters. The maximum Gasteiger partial charge on any atom is 0.264 e. The van der Waals surface area contributed by atoms with Crippen LogP contribution in [0.5, 0.6) is 0 Å². The van der Waals surface area contributed by atoms with Crippen LogP contribution >= 0.6 is 0 Å². The summed E-state index contributed by atoms with van der Waals surface area (Å²) in [5.41, 5.74) is 2.42. The van der Waals surface area contributed by atoms with Crippen molar-refractivity contribution in [2.45, 2.75) is 44.0 Å². The highest BCUT2D eigenvalue weighted by molar-refractivity contribution is 7.92. The van der Waals surface area contributed by atoms with Crippen LogP contribution in [0.3, 0.4) is 0 Å². The van der Waals surface area contributed by atoms with Gasteiger partial charge < -0.3 is 10.2 Å². The summed E-state index contributed by atoms with van der Waals surface area (Å²) in [5.74, 6) is -0.272. The summed E-state index contributed by atoms with van der Waals surface area (Å²) in [6, 6.07) is 14.2. The van der Waals surface area contributed by atoms with Crippen LogP contribution in [0.1, 0.15) is 30.9 Å². The van der Waals surface area contributed by atoms with Crippen molar-refractivity contribution in [3.63, 3.8) is 0 Å². The number of anilines is 1. The van der Waals surface area contributed by atoms with Gasteiger partial charge in [-0.2, -0.15) is 0 Å². The first-order valence-corrected chi connectivity index (χ1v) is 11.9. The number of para-hydroxylation sites is 1. The summed E-state index contributed by atoms with van der Waals surface area (Å²) in [5, 5.41) is 3.04. The molecule has 3 rings (SSSR count). The fourth-order valence-corrected chi connectivity index (χ4v) is 5.21. The van der Waals surface area contributed by atoms with E-state index >= 15 is 0 Å². The Kier molecular flexibility index (Phi) is 7.15. The average molecular weight is 430 g/mol. The lowest BCUT2D eigenvalue weighted by Crippen LogP contribution is -2.48. The lowest BCUT2D eigenvalue weighted by atomic mass is 10.1. The summed E-state index contributed by atoms with van der Waals surface area (Å²) in [6.45, 7) is 5.51. The number of piperidine rings is 1. The van der Waals surface area contributed by atoms with Gasteiger partial charge >= 0.3 is 0 Å². The highest BCUT2D eigenvalue weighted by atomic mass is 32.2. The van der Waals surface area contributed by atoms with E-state index < -0.39 is 10.0 Å². The molecule has 2 aromatic rings. The van der Waals surface area contributed by atoms with Gasteiger partial charge in [0.2, 0.25) is 5.91 Å². The maximum atomic E-state index is 13.5. The van der Waals surface area contributed by atoms with E-state index in [1.165, 1.54) is 4.31 Å². The SMILES string of the molecule is CCc1ccccc1N(CC(=O)NC1CCN(C)CC1)S(=O)(=O)c1ccc(C)cc1. The Hall–Kier alpha value is -2.38. The molecule has 7 heteroatoms. The lowest BCUT2D eigenvalue weighted by Gasteiger charge is -2.31. The third-order valence-electron chi connectivity index (χ3n) is 5.62. The molecule has 1 saturated heterocycles. The van der Waals surface area contributed by atoms with Gasteiger partial charge in [-0.15, -0.1) is 0 Å². The van der Waals surface area contributed by atoms with Crippen LogP contribution in [0.25, 0.3) is 0 Å². The van der Waals surface area contributed by atoms with Gasteiger partial charge in [-0.25, -0.2) is 8.42 Å². The number of nitrogens with one attached hydrogen (secondary N) is 1. The van der Waals surface area contributed by atoms with Crippen LogP contribution in [0.4, 0.5) is 5.69 Å². The van der Waals surface area contributed by atoms with Crippen molar-refractivity contribution in [1.29, 1.82) is 0 Å². The lowest BCUT2D eigenvalue weighted by molar-refractivity contribution is -0.120. The van der Waals surface area contributed by atoms with E-state index in [1.807, 2.05) is 26.0 Å². The van der Waals surface area contributed by atoms with Crippen LogP contribution in [-0.4, -0.2) is 51.9 Å². The van der Waals surface area contributed by atoms with E-state index in [1.54, 1.807) is 36.4 Å². The first-order chi connectivity index (χ1) is 14.3. The number of sulfonamides is 1. The first-order valence-electron chi connectivity index (χ1n) is 10.5. The number of hydrogen-bond donors (Lipinski definition) is 1. The summed E-state index contributed by atoms with van der Waals surface area (Å²) in [4.78, 5) is 15.3. The number of rotatable bonds is 7. The monoisotopic (exact) mass is 429 g/mol. The standard InChI is InChI=1S/C23H31N3O3S/c1-4-19-7-5-6-8-22(19)26(30(28,29)21-11-9-18(2)10-12-21)17-23(27)24-20-13-15-25(3)16-14-20/h5-12,20H,4,13-17H2,1-3H3,(H,24,27). The Balaban J connectivity index is 1.90. The molecule has 30 heavy (non-hydrogen) atoms. The van der Waals surface area contributed by atoms with Crippen LogP contribution in [0.2, 0.25) is 0 Å². The number of benzene rings is 2. The van der Waals surface area contributed by atoms with E-state index in [-0.39, 0.29) is 23.4 Å². The number of carbonyl (C=O) groups is 1. The van der Waals surface area contributed by atoms with E-state index in [0.29, 0.717) is 12.1 Å². The van der Waals surface area contributed by atoms with Crippen LogP contribution in [-0.2, 0) is 21.2 Å². The van der Waals surface area contributed by atoms with Crippen LogP contribution < -0.4 is 9.62 Å². The zero-order valence-electron chi connectivity index (χ0n) is 18.0. The molecule has 1 aliphatic heterocycles. The smallest absolute Gasteiger partial charge is 0.264 e. The van der Waals surface area contributed by atoms with Gasteiger partial charge in [0.05, 0.1) is 10.6 Å². The predicted octanol–water partition coefficient (Wildman–Crippen LogP) is 2.96. The number of carbonyl (C=O) groups excluding carboxylic acids is 1. The van der Waals surface area contributed by atoms with Crippen molar-refractivity contribution in [2.75, 3.05) is 31.0 Å². The molecule has 6 nitrogen and oxygen atoms in total. The molecule has 1 N–H and O–H groups in total. The van der Waals surface area contributed by atoms with E-state index in [4.69, 9.17) is 0 Å². The summed E-state index contributed by atoms with van der Waals surface area (Å²) < 4.78 is 28.3. The van der Waals surface area contributed by atoms with Gasteiger partial charge in [-0.05, 0) is 70.1 Å². The van der Waals surface area contributed by atoms with Crippen molar-refractivity contribution in [2.24, 2.45) is 0 Å². The molecule has 1 fully saturated rings. The Morgan fingerprint density at radius 3 is 2.37 bits per heavy atom. The molecule has 0 atom stereocenters. The summed E-state index contributed by atoms with van der Waals surface area (Å²) in [7, 11) is -1.82. The second-order valence-corrected chi connectivity index (χ2v) is 9.81. The molecular formula is C23H31N3O3S. The number of hydrogen-bond acceptors (Lipinski definition) is 4. The molecule has 162 valence electrons. The number of likely N-dealkylation sites (tertiary alicyclic amines) is 1. The maximum absolute atomic E-state index is 13.5. The second-order valence-electron chi connectivity index (χ2n) is 7.95. The second kappa shape index (κ2) is 9.62. The third kappa shape index (κ3) is 5.21. The van der Waals surface area contributed by atoms with Crippen LogP contribution in [0.15, 0.2) is 53.4 Å². The van der Waals surface area contributed by atoms with Crippen molar-refractivity contribution < 1.29 is 13.2 Å².